The van der Waals surface area contributed by atoms with Crippen molar-refractivity contribution in [2.45, 2.75) is 6.42 Å². The molecule has 0 saturated heterocycles. The van der Waals surface area contributed by atoms with E-state index in [2.05, 4.69) is 0 Å². The number of nitrogens with zero attached hydrogens (tertiary/aromatic N) is 1. The predicted octanol–water partition coefficient (Wildman–Crippen LogP) is -0.817. The fraction of sp³-hybridized carbons (Fsp3) is 0.750. The molecule has 0 heterocycles. The van der Waals surface area contributed by atoms with E-state index in [1.165, 1.54) is 0 Å². The highest BCUT2D eigenvalue weighted by molar-refractivity contribution is 5.44. The number of amides is 1. The molecule has 3 N–H and O–H groups in total. The van der Waals surface area contributed by atoms with Gasteiger partial charge in [0.05, 0.1) is 0 Å². The third-order valence-corrected chi connectivity index (χ3v) is 0.713. The Bertz CT molecular complexity index is 67.1. The average Bonchev–Trinajstić information content (AvgIpc) is 1.83. The van der Waals surface area contributed by atoms with Crippen molar-refractivity contribution >= 4 is 6.41 Å². The van der Waals surface area contributed by atoms with Gasteiger partial charge < -0.3 is 5.73 Å². The average molecular weight is 118 g/mol. The minimum absolute atomic E-state index is 0.319. The van der Waals surface area contributed by atoms with Crippen LogP contribution in [-0.4, -0.2) is 29.8 Å². The summed E-state index contributed by atoms with van der Waals surface area (Å²) in [7, 11) is 0. The maximum atomic E-state index is 9.65. The molecular weight excluding hydrogens is 108 g/mol. The van der Waals surface area contributed by atoms with Gasteiger partial charge in [-0.25, -0.2) is 5.06 Å². The quantitative estimate of drug-likeness (QED) is 0.288. The Hall–Kier alpha value is -0.610. The fourth-order valence-electron chi connectivity index (χ4n) is 0.306. The number of hydrogen-bond donors (Lipinski definition) is 2. The van der Waals surface area contributed by atoms with E-state index in [-0.39, 0.29) is 0 Å². The highest BCUT2D eigenvalue weighted by atomic mass is 16.5. The minimum Gasteiger partial charge on any atom is -0.330 e. The van der Waals surface area contributed by atoms with E-state index in [1.54, 1.807) is 0 Å². The van der Waals surface area contributed by atoms with Gasteiger partial charge in [-0.05, 0) is 13.0 Å². The summed E-state index contributed by atoms with van der Waals surface area (Å²) in [4.78, 5) is 9.65. The molecule has 4 nitrogen and oxygen atoms in total. The molecule has 0 rings (SSSR count). The number of hydrogen-bond acceptors (Lipinski definition) is 3. The lowest BCUT2D eigenvalue weighted by atomic mass is 10.4. The second-order valence-electron chi connectivity index (χ2n) is 1.41. The number of carbonyl (C=O) groups is 1. The van der Waals surface area contributed by atoms with Crippen molar-refractivity contribution < 1.29 is 10.0 Å². The van der Waals surface area contributed by atoms with Crippen LogP contribution in [0.15, 0.2) is 0 Å². The maximum absolute atomic E-state index is 9.65. The van der Waals surface area contributed by atoms with Gasteiger partial charge in [0.25, 0.3) is 0 Å². The lowest BCUT2D eigenvalue weighted by Gasteiger charge is -2.04. The Kier molecular flexibility index (Phi) is 4.20. The SMILES string of the molecule is NCCCN(O)C=O. The first-order valence-corrected chi connectivity index (χ1v) is 2.42. The molecular formula is C4H10N2O2. The van der Waals surface area contributed by atoms with Gasteiger partial charge >= 0.3 is 0 Å². The third kappa shape index (κ3) is 3.58. The molecule has 0 bridgehead atoms. The molecule has 0 aliphatic rings. The summed E-state index contributed by atoms with van der Waals surface area (Å²) in [5.41, 5.74) is 5.08. The molecule has 0 saturated carbocycles. The first-order valence-electron chi connectivity index (χ1n) is 2.42. The minimum atomic E-state index is 0.319. The highest BCUT2D eigenvalue weighted by Gasteiger charge is 1.90. The Morgan fingerprint density at radius 3 is 2.75 bits per heavy atom. The molecule has 8 heavy (non-hydrogen) atoms. The third-order valence-electron chi connectivity index (χ3n) is 0.713. The Morgan fingerprint density at radius 2 is 2.38 bits per heavy atom. The van der Waals surface area contributed by atoms with Crippen LogP contribution in [0, 0.1) is 0 Å². The Morgan fingerprint density at radius 1 is 1.75 bits per heavy atom. The predicted molar refractivity (Wildman–Crippen MR) is 28.2 cm³/mol. The van der Waals surface area contributed by atoms with Crippen LogP contribution in [0.25, 0.3) is 0 Å². The molecule has 48 valence electrons. The van der Waals surface area contributed by atoms with E-state index in [9.17, 15) is 4.79 Å². The molecule has 0 atom stereocenters. The monoisotopic (exact) mass is 118 g/mol. The fourth-order valence-corrected chi connectivity index (χ4v) is 0.306. The van der Waals surface area contributed by atoms with Gasteiger partial charge in [-0.3, -0.25) is 10.0 Å². The van der Waals surface area contributed by atoms with Crippen molar-refractivity contribution in [3.63, 3.8) is 0 Å². The summed E-state index contributed by atoms with van der Waals surface area (Å²) in [5, 5.41) is 8.98. The van der Waals surface area contributed by atoms with Crippen LogP contribution >= 0.6 is 0 Å². The van der Waals surface area contributed by atoms with Crippen LogP contribution in [0.5, 0.6) is 0 Å². The topological polar surface area (TPSA) is 66.6 Å². The summed E-state index contributed by atoms with van der Waals surface area (Å²) in [6.45, 7) is 0.810. The molecule has 0 aromatic rings. The highest BCUT2D eigenvalue weighted by Crippen LogP contribution is 1.77. The molecule has 0 aromatic heterocycles. The van der Waals surface area contributed by atoms with Crippen LogP contribution < -0.4 is 5.73 Å². The summed E-state index contributed by atoms with van der Waals surface area (Å²) in [5.74, 6) is 0. The zero-order chi connectivity index (χ0) is 6.41. The second kappa shape index (κ2) is 4.55. The van der Waals surface area contributed by atoms with Crippen LogP contribution in [0.4, 0.5) is 0 Å². The van der Waals surface area contributed by atoms with E-state index < -0.39 is 0 Å². The van der Waals surface area contributed by atoms with E-state index in [0.29, 0.717) is 31.0 Å². The largest absolute Gasteiger partial charge is 0.330 e. The summed E-state index contributed by atoms with van der Waals surface area (Å²) >= 11 is 0. The number of carbonyl (C=O) groups excluding carboxylic acids is 1. The van der Waals surface area contributed by atoms with E-state index in [0.717, 1.165) is 0 Å². The Labute approximate surface area is 47.8 Å². The lowest BCUT2D eigenvalue weighted by Crippen LogP contribution is -2.20. The number of hydroxylamine groups is 2. The molecule has 0 unspecified atom stereocenters. The van der Waals surface area contributed by atoms with Gasteiger partial charge in [-0.15, -0.1) is 0 Å². The van der Waals surface area contributed by atoms with Gasteiger partial charge in [0, 0.05) is 6.54 Å². The summed E-state index contributed by atoms with van der Waals surface area (Å²) < 4.78 is 0. The summed E-state index contributed by atoms with van der Waals surface area (Å²) in [6.07, 6.45) is 0.991. The molecule has 4 heteroatoms. The molecule has 0 aliphatic heterocycles. The van der Waals surface area contributed by atoms with Crippen molar-refractivity contribution in [1.82, 2.24) is 5.06 Å². The van der Waals surface area contributed by atoms with Crippen molar-refractivity contribution in [3.8, 4) is 0 Å². The standard InChI is InChI=1S/C4H10N2O2/c5-2-1-3-6(8)4-7/h4,8H,1-3,5H2. The van der Waals surface area contributed by atoms with Crippen molar-refractivity contribution in [3.05, 3.63) is 0 Å². The normalized spacial score (nSPS) is 8.75. The van der Waals surface area contributed by atoms with E-state index in [4.69, 9.17) is 10.9 Å². The van der Waals surface area contributed by atoms with Gasteiger partial charge in [-0.2, -0.15) is 0 Å². The van der Waals surface area contributed by atoms with Crippen LogP contribution in [0.1, 0.15) is 6.42 Å². The lowest BCUT2D eigenvalue weighted by molar-refractivity contribution is -0.149. The smallest absolute Gasteiger partial charge is 0.233 e. The number of nitrogens with two attached hydrogens (primary N) is 1. The molecule has 1 amide bonds. The molecule has 0 spiro atoms. The zero-order valence-electron chi connectivity index (χ0n) is 4.58. The van der Waals surface area contributed by atoms with E-state index in [1.807, 2.05) is 0 Å². The molecule has 0 aromatic carbocycles. The van der Waals surface area contributed by atoms with Crippen LogP contribution in [-0.2, 0) is 4.79 Å². The van der Waals surface area contributed by atoms with Gasteiger partial charge in [0.1, 0.15) is 0 Å². The second-order valence-corrected chi connectivity index (χ2v) is 1.41. The van der Waals surface area contributed by atoms with Crippen LogP contribution in [0.3, 0.4) is 0 Å². The van der Waals surface area contributed by atoms with Crippen molar-refractivity contribution in [1.29, 1.82) is 0 Å². The molecule has 0 fully saturated rings. The van der Waals surface area contributed by atoms with Gasteiger partial charge in [0.15, 0.2) is 0 Å². The first-order chi connectivity index (χ1) is 3.81. The zero-order valence-corrected chi connectivity index (χ0v) is 4.58. The first kappa shape index (κ1) is 7.39. The Balaban J connectivity index is 2.98. The summed E-state index contributed by atoms with van der Waals surface area (Å²) in [6, 6.07) is 0. The van der Waals surface area contributed by atoms with Gasteiger partial charge in [-0.1, -0.05) is 0 Å². The van der Waals surface area contributed by atoms with E-state index >= 15 is 0 Å². The van der Waals surface area contributed by atoms with Gasteiger partial charge in [0.2, 0.25) is 6.41 Å². The molecule has 0 aliphatic carbocycles. The van der Waals surface area contributed by atoms with Crippen molar-refractivity contribution in [2.75, 3.05) is 13.1 Å². The maximum Gasteiger partial charge on any atom is 0.233 e. The molecule has 0 radical (unpaired) electrons. The number of rotatable bonds is 4. The van der Waals surface area contributed by atoms with Crippen LogP contribution in [0.2, 0.25) is 0 Å². The van der Waals surface area contributed by atoms with Crippen molar-refractivity contribution in [2.24, 2.45) is 5.73 Å².